The zero-order chi connectivity index (χ0) is 21.0. The van der Waals surface area contributed by atoms with Crippen molar-refractivity contribution in [2.24, 2.45) is 0 Å². The molecule has 0 saturated carbocycles. The molecule has 5 heteroatoms. The molecule has 1 atom stereocenters. The fourth-order valence-corrected chi connectivity index (χ4v) is 3.73. The lowest BCUT2D eigenvalue weighted by Gasteiger charge is -2.15. The minimum atomic E-state index is -0.981. The third-order valence-corrected chi connectivity index (χ3v) is 5.44. The molecule has 1 aromatic heterocycles. The molecule has 1 unspecified atom stereocenters. The number of rotatable bonds is 8. The van der Waals surface area contributed by atoms with Crippen LogP contribution in [0.2, 0.25) is 0 Å². The number of imidazole rings is 1. The maximum absolute atomic E-state index is 13.0. The molecule has 0 aliphatic rings. The molecule has 3 rings (SSSR count). The molecule has 1 N–H and O–H groups in total. The highest BCUT2D eigenvalue weighted by atomic mass is 16.4. The van der Waals surface area contributed by atoms with Gasteiger partial charge in [0.15, 0.2) is 0 Å². The van der Waals surface area contributed by atoms with Crippen LogP contribution in [-0.4, -0.2) is 20.2 Å². The summed E-state index contributed by atoms with van der Waals surface area (Å²) in [5, 5.41) is 9.98. The molecule has 1 heterocycles. The summed E-state index contributed by atoms with van der Waals surface area (Å²) < 4.78 is 3.48. The van der Waals surface area contributed by atoms with Crippen LogP contribution in [0.5, 0.6) is 0 Å². The lowest BCUT2D eigenvalue weighted by molar-refractivity contribution is 0.0696. The number of carboxylic acids is 1. The standard InChI is InChI=1S/C24H28N2O3/c1-4-14-25-16-21(17(3)5-2)26(24(25)29)15-19-12-9-13-20(22(19)23(27)28)18-10-7-6-8-11-18/h6-13,16-17H,4-5,14-15H2,1-3H3,(H,27,28). The first-order chi connectivity index (χ1) is 14.0. The molecular weight excluding hydrogens is 364 g/mol. The summed E-state index contributed by atoms with van der Waals surface area (Å²) in [7, 11) is 0. The van der Waals surface area contributed by atoms with E-state index in [4.69, 9.17) is 0 Å². The average Bonchev–Trinajstić information content (AvgIpc) is 3.03. The van der Waals surface area contributed by atoms with E-state index in [1.807, 2.05) is 55.6 Å². The average molecular weight is 392 g/mol. The second-order valence-corrected chi connectivity index (χ2v) is 7.44. The van der Waals surface area contributed by atoms with Gasteiger partial charge in [0.2, 0.25) is 0 Å². The summed E-state index contributed by atoms with van der Waals surface area (Å²) in [5.74, 6) is -0.767. The van der Waals surface area contributed by atoms with Gasteiger partial charge in [-0.2, -0.15) is 0 Å². The van der Waals surface area contributed by atoms with Crippen LogP contribution in [0.25, 0.3) is 11.1 Å². The summed E-state index contributed by atoms with van der Waals surface area (Å²) in [4.78, 5) is 25.2. The van der Waals surface area contributed by atoms with Crippen LogP contribution in [0.15, 0.2) is 59.5 Å². The molecule has 0 aliphatic carbocycles. The molecule has 152 valence electrons. The van der Waals surface area contributed by atoms with Crippen molar-refractivity contribution in [2.45, 2.75) is 52.6 Å². The Morgan fingerprint density at radius 3 is 2.41 bits per heavy atom. The van der Waals surface area contributed by atoms with E-state index >= 15 is 0 Å². The quantitative estimate of drug-likeness (QED) is 0.587. The predicted molar refractivity (Wildman–Crippen MR) is 116 cm³/mol. The first-order valence-corrected chi connectivity index (χ1v) is 10.2. The second-order valence-electron chi connectivity index (χ2n) is 7.44. The first kappa shape index (κ1) is 20.6. The van der Waals surface area contributed by atoms with Gasteiger partial charge in [-0.15, -0.1) is 0 Å². The lowest BCUT2D eigenvalue weighted by atomic mass is 9.95. The molecule has 0 aliphatic heterocycles. The van der Waals surface area contributed by atoms with Crippen molar-refractivity contribution < 1.29 is 9.90 Å². The Morgan fingerprint density at radius 1 is 1.07 bits per heavy atom. The maximum atomic E-state index is 13.0. The lowest BCUT2D eigenvalue weighted by Crippen LogP contribution is -2.26. The SMILES string of the molecule is CCCn1cc(C(C)CC)n(Cc2cccc(-c3ccccc3)c2C(=O)O)c1=O. The molecule has 0 saturated heterocycles. The monoisotopic (exact) mass is 392 g/mol. The highest BCUT2D eigenvalue weighted by Crippen LogP contribution is 2.28. The molecular formula is C24H28N2O3. The minimum Gasteiger partial charge on any atom is -0.478 e. The largest absolute Gasteiger partial charge is 0.478 e. The van der Waals surface area contributed by atoms with Gasteiger partial charge in [-0.3, -0.25) is 9.13 Å². The van der Waals surface area contributed by atoms with Gasteiger partial charge in [0, 0.05) is 18.4 Å². The predicted octanol–water partition coefficient (Wildman–Crippen LogP) is 4.99. The Balaban J connectivity index is 2.14. The number of hydrogen-bond acceptors (Lipinski definition) is 2. The normalized spacial score (nSPS) is 12.1. The van der Waals surface area contributed by atoms with E-state index < -0.39 is 5.97 Å². The number of benzene rings is 2. The van der Waals surface area contributed by atoms with E-state index in [0.717, 1.165) is 24.1 Å². The van der Waals surface area contributed by atoms with Crippen molar-refractivity contribution in [3.63, 3.8) is 0 Å². The number of aromatic carboxylic acids is 1. The number of aryl methyl sites for hydroxylation is 1. The Kier molecular flexibility index (Phi) is 6.37. The smallest absolute Gasteiger partial charge is 0.336 e. The number of nitrogens with zero attached hydrogens (tertiary/aromatic N) is 2. The van der Waals surface area contributed by atoms with E-state index in [1.165, 1.54) is 0 Å². The minimum absolute atomic E-state index is 0.0800. The molecule has 0 spiro atoms. The van der Waals surface area contributed by atoms with E-state index in [2.05, 4.69) is 13.8 Å². The van der Waals surface area contributed by atoms with Gasteiger partial charge in [-0.05, 0) is 35.4 Å². The van der Waals surface area contributed by atoms with Gasteiger partial charge in [0.1, 0.15) is 0 Å². The fourth-order valence-electron chi connectivity index (χ4n) is 3.73. The van der Waals surface area contributed by atoms with Gasteiger partial charge < -0.3 is 5.11 Å². The molecule has 0 radical (unpaired) electrons. The Morgan fingerprint density at radius 2 is 1.79 bits per heavy atom. The Labute approximate surface area is 171 Å². The van der Waals surface area contributed by atoms with Crippen molar-refractivity contribution in [3.8, 4) is 11.1 Å². The van der Waals surface area contributed by atoms with E-state index in [-0.39, 0.29) is 23.7 Å². The highest BCUT2D eigenvalue weighted by molar-refractivity contribution is 5.97. The zero-order valence-corrected chi connectivity index (χ0v) is 17.3. The topological polar surface area (TPSA) is 64.2 Å². The highest BCUT2D eigenvalue weighted by Gasteiger charge is 2.21. The molecule has 0 amide bonds. The summed E-state index contributed by atoms with van der Waals surface area (Å²) in [6.07, 6.45) is 3.71. The maximum Gasteiger partial charge on any atom is 0.336 e. The van der Waals surface area contributed by atoms with Crippen LogP contribution in [0, 0.1) is 0 Å². The number of aromatic nitrogens is 2. The van der Waals surface area contributed by atoms with Crippen molar-refractivity contribution in [2.75, 3.05) is 0 Å². The van der Waals surface area contributed by atoms with E-state index in [1.54, 1.807) is 15.2 Å². The van der Waals surface area contributed by atoms with E-state index in [0.29, 0.717) is 17.7 Å². The number of carbonyl (C=O) groups is 1. The summed E-state index contributed by atoms with van der Waals surface area (Å²) >= 11 is 0. The van der Waals surface area contributed by atoms with Crippen molar-refractivity contribution >= 4 is 5.97 Å². The molecule has 5 nitrogen and oxygen atoms in total. The van der Waals surface area contributed by atoms with Crippen molar-refractivity contribution in [3.05, 3.63) is 82.0 Å². The van der Waals surface area contributed by atoms with Gasteiger partial charge in [0.05, 0.1) is 12.1 Å². The fraction of sp³-hybridized carbons (Fsp3) is 0.333. The molecule has 2 aromatic carbocycles. The van der Waals surface area contributed by atoms with Crippen molar-refractivity contribution in [1.82, 2.24) is 9.13 Å². The van der Waals surface area contributed by atoms with Crippen LogP contribution in [-0.2, 0) is 13.1 Å². The van der Waals surface area contributed by atoms with Crippen LogP contribution >= 0.6 is 0 Å². The molecule has 29 heavy (non-hydrogen) atoms. The Hall–Kier alpha value is -3.08. The van der Waals surface area contributed by atoms with Gasteiger partial charge in [-0.1, -0.05) is 69.3 Å². The molecule has 0 fully saturated rings. The van der Waals surface area contributed by atoms with Crippen molar-refractivity contribution in [1.29, 1.82) is 0 Å². The Bertz CT molecular complexity index is 1050. The van der Waals surface area contributed by atoms with Crippen LogP contribution < -0.4 is 5.69 Å². The van der Waals surface area contributed by atoms with Crippen LogP contribution in [0.4, 0.5) is 0 Å². The number of carboxylic acid groups (broad SMARTS) is 1. The summed E-state index contributed by atoms with van der Waals surface area (Å²) in [6.45, 7) is 7.14. The third-order valence-electron chi connectivity index (χ3n) is 5.44. The van der Waals surface area contributed by atoms with Crippen LogP contribution in [0.1, 0.15) is 61.1 Å². The summed E-state index contributed by atoms with van der Waals surface area (Å²) in [5.41, 5.74) is 3.28. The van der Waals surface area contributed by atoms with Gasteiger partial charge in [-0.25, -0.2) is 9.59 Å². The zero-order valence-electron chi connectivity index (χ0n) is 17.3. The van der Waals surface area contributed by atoms with Gasteiger partial charge >= 0.3 is 11.7 Å². The molecule has 0 bridgehead atoms. The number of hydrogen-bond donors (Lipinski definition) is 1. The third kappa shape index (κ3) is 4.19. The summed E-state index contributed by atoms with van der Waals surface area (Å²) in [6, 6.07) is 15.0. The van der Waals surface area contributed by atoms with E-state index in [9.17, 15) is 14.7 Å². The second kappa shape index (κ2) is 8.95. The first-order valence-electron chi connectivity index (χ1n) is 10.2. The van der Waals surface area contributed by atoms with Crippen LogP contribution in [0.3, 0.4) is 0 Å². The van der Waals surface area contributed by atoms with Gasteiger partial charge in [0.25, 0.3) is 0 Å². The molecule has 3 aromatic rings.